The van der Waals surface area contributed by atoms with E-state index in [0.29, 0.717) is 13.1 Å². The van der Waals surface area contributed by atoms with Crippen molar-refractivity contribution in [1.82, 2.24) is 5.32 Å². The van der Waals surface area contributed by atoms with Gasteiger partial charge in [0.05, 0.1) is 7.05 Å². The van der Waals surface area contributed by atoms with Crippen molar-refractivity contribution < 1.29 is 14.1 Å². The molecule has 4 heteroatoms. The number of hydrogen-bond donors (Lipinski definition) is 2. The Labute approximate surface area is 132 Å². The fraction of sp³-hybridized carbons (Fsp3) is 0.389. The number of furan rings is 1. The lowest BCUT2D eigenvalue weighted by Crippen LogP contribution is -3.08. The second-order valence-electron chi connectivity index (χ2n) is 5.85. The molecule has 0 radical (unpaired) electrons. The van der Waals surface area contributed by atoms with Crippen LogP contribution in [0.2, 0.25) is 0 Å². The molecule has 1 aromatic carbocycles. The zero-order valence-electron chi connectivity index (χ0n) is 13.6. The Morgan fingerprint density at radius 1 is 1.18 bits per heavy atom. The molecule has 0 aliphatic rings. The second kappa shape index (κ2) is 7.80. The second-order valence-corrected chi connectivity index (χ2v) is 5.85. The van der Waals surface area contributed by atoms with Gasteiger partial charge in [-0.1, -0.05) is 24.3 Å². The fourth-order valence-corrected chi connectivity index (χ4v) is 2.50. The molecule has 2 N–H and O–H groups in total. The number of hydrogen-bond acceptors (Lipinski definition) is 2. The average Bonchev–Trinajstić information content (AvgIpc) is 2.86. The molecule has 1 aromatic heterocycles. The minimum Gasteiger partial charge on any atom is -0.460 e. The lowest BCUT2D eigenvalue weighted by atomic mass is 10.1. The molecule has 0 saturated carbocycles. The van der Waals surface area contributed by atoms with E-state index in [-0.39, 0.29) is 5.91 Å². The van der Waals surface area contributed by atoms with Crippen molar-refractivity contribution in [3.05, 3.63) is 59.0 Å². The third-order valence-electron chi connectivity index (χ3n) is 3.71. The highest BCUT2D eigenvalue weighted by Crippen LogP contribution is 2.06. The van der Waals surface area contributed by atoms with Crippen molar-refractivity contribution in [3.8, 4) is 0 Å². The molecule has 0 saturated heterocycles. The summed E-state index contributed by atoms with van der Waals surface area (Å²) in [5.74, 6) is 1.91. The van der Waals surface area contributed by atoms with Crippen LogP contribution in [0, 0.1) is 13.8 Å². The van der Waals surface area contributed by atoms with Crippen molar-refractivity contribution in [2.45, 2.75) is 26.8 Å². The van der Waals surface area contributed by atoms with Crippen molar-refractivity contribution >= 4 is 5.91 Å². The molecule has 0 spiro atoms. The summed E-state index contributed by atoms with van der Waals surface area (Å²) in [6, 6.07) is 12.2. The smallest absolute Gasteiger partial charge is 0.275 e. The van der Waals surface area contributed by atoms with Gasteiger partial charge in [-0.3, -0.25) is 4.79 Å². The van der Waals surface area contributed by atoms with Gasteiger partial charge >= 0.3 is 0 Å². The van der Waals surface area contributed by atoms with Gasteiger partial charge in [0.2, 0.25) is 0 Å². The predicted molar refractivity (Wildman–Crippen MR) is 86.8 cm³/mol. The van der Waals surface area contributed by atoms with Crippen LogP contribution in [0.1, 0.15) is 22.6 Å². The molecule has 1 unspecified atom stereocenters. The first-order chi connectivity index (χ1) is 10.5. The lowest BCUT2D eigenvalue weighted by Gasteiger charge is -2.13. The SMILES string of the molecule is Cc1ccc(C[NH+](C)CC(=O)NCCc2ccccc2C)o1. The van der Waals surface area contributed by atoms with Crippen molar-refractivity contribution in [3.63, 3.8) is 0 Å². The van der Waals surface area contributed by atoms with E-state index in [4.69, 9.17) is 4.42 Å². The van der Waals surface area contributed by atoms with E-state index >= 15 is 0 Å². The number of quaternary nitrogens is 1. The van der Waals surface area contributed by atoms with E-state index in [0.717, 1.165) is 29.4 Å². The topological polar surface area (TPSA) is 46.7 Å². The third-order valence-corrected chi connectivity index (χ3v) is 3.71. The van der Waals surface area contributed by atoms with E-state index in [1.807, 2.05) is 38.2 Å². The van der Waals surface area contributed by atoms with E-state index in [2.05, 4.69) is 24.4 Å². The molecular weight excluding hydrogens is 276 g/mol. The number of carbonyl (C=O) groups excluding carboxylic acids is 1. The maximum absolute atomic E-state index is 12.0. The first-order valence-corrected chi connectivity index (χ1v) is 7.72. The van der Waals surface area contributed by atoms with Gasteiger partial charge in [-0.05, 0) is 43.5 Å². The van der Waals surface area contributed by atoms with E-state index in [1.165, 1.54) is 11.1 Å². The number of carbonyl (C=O) groups is 1. The lowest BCUT2D eigenvalue weighted by molar-refractivity contribution is -0.886. The maximum atomic E-state index is 12.0. The average molecular weight is 301 g/mol. The highest BCUT2D eigenvalue weighted by molar-refractivity contribution is 5.76. The van der Waals surface area contributed by atoms with Gasteiger partial charge < -0.3 is 14.6 Å². The van der Waals surface area contributed by atoms with Crippen LogP contribution in [0.25, 0.3) is 0 Å². The van der Waals surface area contributed by atoms with Crippen LogP contribution in [0.3, 0.4) is 0 Å². The van der Waals surface area contributed by atoms with E-state index in [9.17, 15) is 4.79 Å². The van der Waals surface area contributed by atoms with Crippen LogP contribution in [0.4, 0.5) is 0 Å². The largest absolute Gasteiger partial charge is 0.460 e. The predicted octanol–water partition coefficient (Wildman–Crippen LogP) is 1.27. The molecule has 22 heavy (non-hydrogen) atoms. The third kappa shape index (κ3) is 5.04. The molecule has 1 atom stereocenters. The summed E-state index contributed by atoms with van der Waals surface area (Å²) in [5, 5.41) is 2.99. The molecule has 0 aliphatic heterocycles. The molecule has 2 rings (SSSR count). The quantitative estimate of drug-likeness (QED) is 0.809. The Kier molecular flexibility index (Phi) is 5.78. The van der Waals surface area contributed by atoms with Crippen LogP contribution >= 0.6 is 0 Å². The van der Waals surface area contributed by atoms with Gasteiger partial charge in [-0.15, -0.1) is 0 Å². The number of likely N-dealkylation sites (N-methyl/N-ethyl adjacent to an activating group) is 1. The van der Waals surface area contributed by atoms with Gasteiger partial charge in [-0.2, -0.15) is 0 Å². The Hall–Kier alpha value is -2.07. The monoisotopic (exact) mass is 301 g/mol. The van der Waals surface area contributed by atoms with Gasteiger partial charge in [0.25, 0.3) is 5.91 Å². The summed E-state index contributed by atoms with van der Waals surface area (Å²) < 4.78 is 5.54. The highest BCUT2D eigenvalue weighted by Gasteiger charge is 2.12. The van der Waals surface area contributed by atoms with Gasteiger partial charge in [0.1, 0.15) is 12.3 Å². The first kappa shape index (κ1) is 16.3. The fourth-order valence-electron chi connectivity index (χ4n) is 2.50. The molecule has 1 heterocycles. The Bertz CT molecular complexity index is 619. The minimum atomic E-state index is 0.0781. The van der Waals surface area contributed by atoms with E-state index < -0.39 is 0 Å². The van der Waals surface area contributed by atoms with Gasteiger partial charge in [0, 0.05) is 6.54 Å². The Balaban J connectivity index is 1.70. The highest BCUT2D eigenvalue weighted by atomic mass is 16.3. The van der Waals surface area contributed by atoms with Crippen LogP contribution in [0.15, 0.2) is 40.8 Å². The molecule has 4 nitrogen and oxygen atoms in total. The maximum Gasteiger partial charge on any atom is 0.275 e. The minimum absolute atomic E-state index is 0.0781. The molecule has 0 fully saturated rings. The van der Waals surface area contributed by atoms with Crippen LogP contribution < -0.4 is 10.2 Å². The number of amides is 1. The summed E-state index contributed by atoms with van der Waals surface area (Å²) in [5.41, 5.74) is 2.56. The summed E-state index contributed by atoms with van der Waals surface area (Å²) >= 11 is 0. The normalized spacial score (nSPS) is 12.1. The summed E-state index contributed by atoms with van der Waals surface area (Å²) in [6.07, 6.45) is 0.870. The van der Waals surface area contributed by atoms with Gasteiger partial charge in [0.15, 0.2) is 12.3 Å². The summed E-state index contributed by atoms with van der Waals surface area (Å²) in [6.45, 7) is 5.88. The van der Waals surface area contributed by atoms with E-state index in [1.54, 1.807) is 0 Å². The molecule has 2 aromatic rings. The molecule has 0 bridgehead atoms. The van der Waals surface area contributed by atoms with Crippen molar-refractivity contribution in [2.24, 2.45) is 0 Å². The Morgan fingerprint density at radius 2 is 1.95 bits per heavy atom. The standard InChI is InChI=1S/C18H24N2O2/c1-14-6-4-5-7-16(14)10-11-19-18(21)13-20(3)12-17-9-8-15(2)22-17/h4-9H,10-13H2,1-3H3,(H,19,21)/p+1. The van der Waals surface area contributed by atoms with Crippen LogP contribution in [-0.4, -0.2) is 26.0 Å². The number of nitrogens with one attached hydrogen (secondary N) is 2. The first-order valence-electron chi connectivity index (χ1n) is 7.72. The van der Waals surface area contributed by atoms with Crippen LogP contribution in [0.5, 0.6) is 0 Å². The zero-order chi connectivity index (χ0) is 15.9. The molecule has 1 amide bonds. The molecular formula is C18H25N2O2+. The van der Waals surface area contributed by atoms with Crippen molar-refractivity contribution in [2.75, 3.05) is 20.1 Å². The van der Waals surface area contributed by atoms with Gasteiger partial charge in [-0.25, -0.2) is 0 Å². The molecule has 118 valence electrons. The summed E-state index contributed by atoms with van der Waals surface area (Å²) in [4.78, 5) is 13.1. The zero-order valence-corrected chi connectivity index (χ0v) is 13.6. The molecule has 0 aliphatic carbocycles. The Morgan fingerprint density at radius 3 is 2.64 bits per heavy atom. The van der Waals surface area contributed by atoms with Crippen LogP contribution in [-0.2, 0) is 17.8 Å². The van der Waals surface area contributed by atoms with Crippen molar-refractivity contribution in [1.29, 1.82) is 0 Å². The summed E-state index contributed by atoms with van der Waals surface area (Å²) in [7, 11) is 2.00. The number of benzene rings is 1. The number of aryl methyl sites for hydroxylation is 2. The number of rotatable bonds is 7.